The van der Waals surface area contributed by atoms with Crippen LogP contribution in [0, 0.1) is 0 Å². The highest BCUT2D eigenvalue weighted by Gasteiger charge is 2.16. The van der Waals surface area contributed by atoms with Gasteiger partial charge in [-0.2, -0.15) is 0 Å². The zero-order valence-corrected chi connectivity index (χ0v) is 14.2. The van der Waals surface area contributed by atoms with Crippen molar-refractivity contribution in [1.82, 2.24) is 10.0 Å². The van der Waals surface area contributed by atoms with Crippen molar-refractivity contribution in [3.8, 4) is 0 Å². The predicted molar refractivity (Wildman–Crippen MR) is 88.0 cm³/mol. The van der Waals surface area contributed by atoms with Crippen LogP contribution in [0.25, 0.3) is 0 Å². The molecule has 2 N–H and O–H groups in total. The van der Waals surface area contributed by atoms with Crippen LogP contribution >= 0.6 is 0 Å². The van der Waals surface area contributed by atoms with E-state index in [1.807, 2.05) is 26.1 Å². The Morgan fingerprint density at radius 2 is 1.81 bits per heavy atom. The molecule has 1 unspecified atom stereocenters. The monoisotopic (exact) mass is 312 g/mol. The van der Waals surface area contributed by atoms with Crippen LogP contribution < -0.4 is 10.0 Å². The summed E-state index contributed by atoms with van der Waals surface area (Å²) in [7, 11) is -1.46. The van der Waals surface area contributed by atoms with Crippen LogP contribution in [-0.2, 0) is 16.4 Å². The van der Waals surface area contributed by atoms with Gasteiger partial charge in [0.05, 0.1) is 4.90 Å². The summed E-state index contributed by atoms with van der Waals surface area (Å²) in [5.74, 6) is 0. The first-order valence-electron chi connectivity index (χ1n) is 7.75. The molecule has 0 bridgehead atoms. The van der Waals surface area contributed by atoms with Crippen molar-refractivity contribution in [2.24, 2.45) is 0 Å². The molecule has 0 amide bonds. The van der Waals surface area contributed by atoms with Crippen molar-refractivity contribution >= 4 is 10.0 Å². The van der Waals surface area contributed by atoms with Crippen molar-refractivity contribution in [2.45, 2.75) is 56.9 Å². The van der Waals surface area contributed by atoms with Crippen LogP contribution in [0.5, 0.6) is 0 Å². The van der Waals surface area contributed by atoms with E-state index < -0.39 is 10.0 Å². The van der Waals surface area contributed by atoms with Crippen molar-refractivity contribution in [3.05, 3.63) is 29.8 Å². The lowest BCUT2D eigenvalue weighted by molar-refractivity contribution is 0.534. The Morgan fingerprint density at radius 3 is 2.38 bits per heavy atom. The van der Waals surface area contributed by atoms with E-state index in [0.29, 0.717) is 4.90 Å². The van der Waals surface area contributed by atoms with Crippen molar-refractivity contribution in [3.63, 3.8) is 0 Å². The Balaban J connectivity index is 2.62. The van der Waals surface area contributed by atoms with Gasteiger partial charge in [-0.05, 0) is 57.5 Å². The van der Waals surface area contributed by atoms with Gasteiger partial charge in [0.1, 0.15) is 0 Å². The van der Waals surface area contributed by atoms with Crippen LogP contribution in [0.4, 0.5) is 0 Å². The maximum absolute atomic E-state index is 12.3. The molecule has 0 aliphatic carbocycles. The molecule has 0 aliphatic rings. The first-order chi connectivity index (χ1) is 9.99. The number of benzene rings is 1. The van der Waals surface area contributed by atoms with Crippen LogP contribution in [0.1, 0.15) is 45.1 Å². The van der Waals surface area contributed by atoms with Crippen LogP contribution in [0.15, 0.2) is 29.2 Å². The Kier molecular flexibility index (Phi) is 7.93. The normalized spacial score (nSPS) is 13.3. The van der Waals surface area contributed by atoms with Gasteiger partial charge >= 0.3 is 0 Å². The molecule has 0 radical (unpaired) electrons. The average molecular weight is 312 g/mol. The minimum absolute atomic E-state index is 0.0229. The maximum Gasteiger partial charge on any atom is 0.240 e. The van der Waals surface area contributed by atoms with Gasteiger partial charge in [-0.25, -0.2) is 13.1 Å². The second-order valence-corrected chi connectivity index (χ2v) is 7.23. The standard InChI is InChI=1S/C16H28N2O2S/c1-4-5-7-14(2)18-21(19,20)16-11-9-15(10-12-16)8-6-13-17-3/h9-12,14,17-18H,4-8,13H2,1-3H3. The largest absolute Gasteiger partial charge is 0.320 e. The molecule has 0 saturated carbocycles. The molecule has 1 atom stereocenters. The van der Waals surface area contributed by atoms with Gasteiger partial charge in [-0.15, -0.1) is 0 Å². The third kappa shape index (κ3) is 6.59. The number of nitrogens with one attached hydrogen (secondary N) is 2. The van der Waals surface area contributed by atoms with Crippen molar-refractivity contribution < 1.29 is 8.42 Å². The summed E-state index contributed by atoms with van der Waals surface area (Å²) in [4.78, 5) is 0.350. The summed E-state index contributed by atoms with van der Waals surface area (Å²) in [5.41, 5.74) is 1.17. The maximum atomic E-state index is 12.3. The fourth-order valence-electron chi connectivity index (χ4n) is 2.21. The summed E-state index contributed by atoms with van der Waals surface area (Å²) in [6, 6.07) is 7.18. The molecule has 0 fully saturated rings. The molecular formula is C16H28N2O2S. The van der Waals surface area contributed by atoms with Gasteiger partial charge in [-0.3, -0.25) is 0 Å². The Morgan fingerprint density at radius 1 is 1.14 bits per heavy atom. The zero-order valence-electron chi connectivity index (χ0n) is 13.4. The fraction of sp³-hybridized carbons (Fsp3) is 0.625. The summed E-state index contributed by atoms with van der Waals surface area (Å²) in [5, 5.41) is 3.11. The summed E-state index contributed by atoms with van der Waals surface area (Å²) in [6.07, 6.45) is 5.00. The number of rotatable bonds is 10. The minimum atomic E-state index is -3.39. The highest BCUT2D eigenvalue weighted by Crippen LogP contribution is 2.13. The van der Waals surface area contributed by atoms with Crippen LogP contribution in [-0.4, -0.2) is 28.1 Å². The third-order valence-electron chi connectivity index (χ3n) is 3.47. The van der Waals surface area contributed by atoms with E-state index in [4.69, 9.17) is 0 Å². The molecule has 0 saturated heterocycles. The SMILES string of the molecule is CCCCC(C)NS(=O)(=O)c1ccc(CCCNC)cc1. The van der Waals surface area contributed by atoms with Gasteiger partial charge in [0, 0.05) is 6.04 Å². The molecule has 0 heterocycles. The highest BCUT2D eigenvalue weighted by atomic mass is 32.2. The summed E-state index contributed by atoms with van der Waals surface area (Å²) < 4.78 is 27.3. The number of unbranched alkanes of at least 4 members (excludes halogenated alkanes) is 1. The van der Waals surface area contributed by atoms with Crippen molar-refractivity contribution in [1.29, 1.82) is 0 Å². The molecule has 0 aliphatic heterocycles. The number of hydrogen-bond donors (Lipinski definition) is 2. The summed E-state index contributed by atoms with van der Waals surface area (Å²) >= 11 is 0. The van der Waals surface area contributed by atoms with E-state index in [0.717, 1.165) is 38.6 Å². The summed E-state index contributed by atoms with van der Waals surface area (Å²) in [6.45, 7) is 4.99. The molecule has 0 aromatic heterocycles. The van der Waals surface area contributed by atoms with E-state index in [-0.39, 0.29) is 6.04 Å². The molecule has 0 spiro atoms. The molecule has 1 aromatic rings. The lowest BCUT2D eigenvalue weighted by Gasteiger charge is -2.14. The number of aryl methyl sites for hydroxylation is 1. The van der Waals surface area contributed by atoms with Gasteiger partial charge in [0.2, 0.25) is 10.0 Å². The first kappa shape index (κ1) is 18.1. The average Bonchev–Trinajstić information content (AvgIpc) is 2.45. The lowest BCUT2D eigenvalue weighted by atomic mass is 10.1. The lowest BCUT2D eigenvalue weighted by Crippen LogP contribution is -2.32. The molecule has 21 heavy (non-hydrogen) atoms. The molecule has 1 aromatic carbocycles. The molecule has 4 nitrogen and oxygen atoms in total. The highest BCUT2D eigenvalue weighted by molar-refractivity contribution is 7.89. The van der Waals surface area contributed by atoms with E-state index in [1.54, 1.807) is 12.1 Å². The fourth-order valence-corrected chi connectivity index (χ4v) is 3.48. The Hall–Kier alpha value is -0.910. The molecular weight excluding hydrogens is 284 g/mol. The molecule has 5 heteroatoms. The predicted octanol–water partition coefficient (Wildman–Crippen LogP) is 2.70. The van der Waals surface area contributed by atoms with Gasteiger partial charge in [0.15, 0.2) is 0 Å². The minimum Gasteiger partial charge on any atom is -0.320 e. The van der Waals surface area contributed by atoms with E-state index in [2.05, 4.69) is 17.0 Å². The smallest absolute Gasteiger partial charge is 0.240 e. The van der Waals surface area contributed by atoms with Crippen molar-refractivity contribution in [2.75, 3.05) is 13.6 Å². The van der Waals surface area contributed by atoms with Gasteiger partial charge in [0.25, 0.3) is 0 Å². The first-order valence-corrected chi connectivity index (χ1v) is 9.23. The third-order valence-corrected chi connectivity index (χ3v) is 5.08. The molecule has 1 rings (SSSR count). The van der Waals surface area contributed by atoms with Crippen LogP contribution in [0.3, 0.4) is 0 Å². The Bertz CT molecular complexity index is 498. The second kappa shape index (κ2) is 9.18. The van der Waals surface area contributed by atoms with E-state index >= 15 is 0 Å². The Labute approximate surface area is 129 Å². The van der Waals surface area contributed by atoms with E-state index in [9.17, 15) is 8.42 Å². The molecule has 120 valence electrons. The zero-order chi connectivity index (χ0) is 15.7. The number of hydrogen-bond acceptors (Lipinski definition) is 3. The topological polar surface area (TPSA) is 58.2 Å². The van der Waals surface area contributed by atoms with E-state index in [1.165, 1.54) is 5.56 Å². The van der Waals surface area contributed by atoms with Gasteiger partial charge < -0.3 is 5.32 Å². The second-order valence-electron chi connectivity index (χ2n) is 5.52. The van der Waals surface area contributed by atoms with Gasteiger partial charge in [-0.1, -0.05) is 31.9 Å². The quantitative estimate of drug-likeness (QED) is 0.653. The van der Waals surface area contributed by atoms with Crippen LogP contribution in [0.2, 0.25) is 0 Å². The number of sulfonamides is 1.